The van der Waals surface area contributed by atoms with Crippen molar-refractivity contribution in [3.8, 4) is 0 Å². The van der Waals surface area contributed by atoms with Gasteiger partial charge in [-0.3, -0.25) is 0 Å². The molecule has 0 aromatic carbocycles. The largest absolute Gasteiger partial charge is 0.375 e. The lowest BCUT2D eigenvalue weighted by molar-refractivity contribution is 0.726. The summed E-state index contributed by atoms with van der Waals surface area (Å²) in [7, 11) is 0. The zero-order valence-electron chi connectivity index (χ0n) is 9.30. The molecule has 2 rings (SSSR count). The quantitative estimate of drug-likeness (QED) is 0.852. The van der Waals surface area contributed by atoms with Crippen molar-refractivity contribution < 1.29 is 0 Å². The molecule has 16 heavy (non-hydrogen) atoms. The van der Waals surface area contributed by atoms with Gasteiger partial charge in [-0.15, -0.1) is 11.8 Å². The predicted octanol–water partition coefficient (Wildman–Crippen LogP) is 2.54. The van der Waals surface area contributed by atoms with Crippen LogP contribution in [0.25, 0.3) is 0 Å². The molecule has 2 aromatic rings. The highest BCUT2D eigenvalue weighted by Crippen LogP contribution is 2.32. The van der Waals surface area contributed by atoms with Crippen LogP contribution in [0.5, 0.6) is 0 Å². The molecule has 0 atom stereocenters. The van der Waals surface area contributed by atoms with Crippen LogP contribution < -0.4 is 5.73 Å². The van der Waals surface area contributed by atoms with Gasteiger partial charge in [-0.1, -0.05) is 11.3 Å². The second kappa shape index (κ2) is 4.88. The number of hydrogen-bond acceptors (Lipinski definition) is 5. The maximum atomic E-state index is 5.66. The number of thioether (sulfide) groups is 1. The molecule has 0 aliphatic rings. The number of imidazole rings is 1. The van der Waals surface area contributed by atoms with Gasteiger partial charge in [0.1, 0.15) is 5.82 Å². The summed E-state index contributed by atoms with van der Waals surface area (Å²) >= 11 is 3.29. The molecule has 0 saturated heterocycles. The van der Waals surface area contributed by atoms with E-state index in [1.165, 1.54) is 4.21 Å². The van der Waals surface area contributed by atoms with Crippen molar-refractivity contribution in [1.82, 2.24) is 14.5 Å². The van der Waals surface area contributed by atoms with E-state index < -0.39 is 0 Å². The van der Waals surface area contributed by atoms with E-state index in [9.17, 15) is 0 Å². The Morgan fingerprint density at radius 1 is 1.56 bits per heavy atom. The van der Waals surface area contributed by atoms with Crippen LogP contribution in [0.3, 0.4) is 0 Å². The van der Waals surface area contributed by atoms with E-state index in [1.807, 2.05) is 19.3 Å². The lowest BCUT2D eigenvalue weighted by Crippen LogP contribution is -1.98. The second-order valence-corrected chi connectivity index (χ2v) is 5.62. The van der Waals surface area contributed by atoms with Crippen molar-refractivity contribution >= 4 is 28.2 Å². The molecule has 2 N–H and O–H groups in total. The van der Waals surface area contributed by atoms with Gasteiger partial charge in [-0.05, 0) is 13.8 Å². The zero-order chi connectivity index (χ0) is 11.5. The van der Waals surface area contributed by atoms with Crippen LogP contribution in [0.4, 0.5) is 5.13 Å². The third-order valence-electron chi connectivity index (χ3n) is 2.25. The third-order valence-corrected chi connectivity index (χ3v) is 4.59. The standard InChI is InChI=1S/C10H14N4S2/c1-3-14-5-4-12-8(14)6-15-9-7(2)13-10(11)16-9/h4-5H,3,6H2,1-2H3,(H2,11,13). The van der Waals surface area contributed by atoms with Crippen molar-refractivity contribution in [1.29, 1.82) is 0 Å². The van der Waals surface area contributed by atoms with Crippen molar-refractivity contribution in [2.75, 3.05) is 5.73 Å². The van der Waals surface area contributed by atoms with E-state index in [0.717, 1.165) is 23.8 Å². The smallest absolute Gasteiger partial charge is 0.181 e. The number of rotatable bonds is 4. The minimum absolute atomic E-state index is 0.638. The van der Waals surface area contributed by atoms with Crippen LogP contribution in [0, 0.1) is 6.92 Å². The summed E-state index contributed by atoms with van der Waals surface area (Å²) in [6, 6.07) is 0. The average molecular weight is 254 g/mol. The molecule has 0 radical (unpaired) electrons. The molecular weight excluding hydrogens is 240 g/mol. The van der Waals surface area contributed by atoms with Gasteiger partial charge < -0.3 is 10.3 Å². The van der Waals surface area contributed by atoms with Gasteiger partial charge in [0.15, 0.2) is 5.13 Å². The van der Waals surface area contributed by atoms with Gasteiger partial charge in [0.05, 0.1) is 15.7 Å². The van der Waals surface area contributed by atoms with Gasteiger partial charge in [0, 0.05) is 18.9 Å². The first-order chi connectivity index (χ1) is 7.70. The maximum Gasteiger partial charge on any atom is 0.181 e. The zero-order valence-corrected chi connectivity index (χ0v) is 10.9. The van der Waals surface area contributed by atoms with Gasteiger partial charge in [-0.2, -0.15) is 0 Å². The molecule has 4 nitrogen and oxygen atoms in total. The summed E-state index contributed by atoms with van der Waals surface area (Å²) in [6.45, 7) is 5.06. The Balaban J connectivity index is 2.05. The van der Waals surface area contributed by atoms with E-state index in [-0.39, 0.29) is 0 Å². The first kappa shape index (κ1) is 11.5. The molecular formula is C10H14N4S2. The predicted molar refractivity (Wildman–Crippen MR) is 68.7 cm³/mol. The molecule has 0 saturated carbocycles. The Bertz CT molecular complexity index is 475. The minimum atomic E-state index is 0.638. The molecule has 0 unspecified atom stereocenters. The van der Waals surface area contributed by atoms with Crippen LogP contribution in [-0.2, 0) is 12.3 Å². The van der Waals surface area contributed by atoms with E-state index in [0.29, 0.717) is 5.13 Å². The van der Waals surface area contributed by atoms with Crippen molar-refractivity contribution in [3.63, 3.8) is 0 Å². The second-order valence-electron chi connectivity index (χ2n) is 3.34. The summed E-state index contributed by atoms with van der Waals surface area (Å²) in [5.74, 6) is 1.96. The van der Waals surface area contributed by atoms with E-state index >= 15 is 0 Å². The Morgan fingerprint density at radius 2 is 2.38 bits per heavy atom. The fraction of sp³-hybridized carbons (Fsp3) is 0.400. The van der Waals surface area contributed by atoms with Gasteiger partial charge in [0.2, 0.25) is 0 Å². The summed E-state index contributed by atoms with van der Waals surface area (Å²) in [5.41, 5.74) is 6.67. The molecule has 0 aliphatic heterocycles. The summed E-state index contributed by atoms with van der Waals surface area (Å²) in [5, 5.41) is 0.638. The SMILES string of the molecule is CCn1ccnc1CSc1sc(N)nc1C. The first-order valence-corrected chi connectivity index (χ1v) is 6.86. The molecule has 0 amide bonds. The number of aromatic nitrogens is 3. The van der Waals surface area contributed by atoms with Crippen molar-refractivity contribution in [2.45, 2.75) is 30.4 Å². The molecule has 0 spiro atoms. The van der Waals surface area contributed by atoms with Crippen molar-refractivity contribution in [3.05, 3.63) is 23.9 Å². The highest BCUT2D eigenvalue weighted by molar-refractivity contribution is 8.00. The van der Waals surface area contributed by atoms with Crippen LogP contribution in [0.1, 0.15) is 18.4 Å². The topological polar surface area (TPSA) is 56.7 Å². The molecule has 6 heteroatoms. The van der Waals surface area contributed by atoms with Gasteiger partial charge >= 0.3 is 0 Å². The molecule has 0 aliphatic carbocycles. The molecule has 2 heterocycles. The number of nitrogens with zero attached hydrogens (tertiary/aromatic N) is 3. The van der Waals surface area contributed by atoms with Gasteiger partial charge in [-0.25, -0.2) is 9.97 Å². The normalized spacial score (nSPS) is 10.9. The number of aryl methyl sites for hydroxylation is 2. The third kappa shape index (κ3) is 2.38. The van der Waals surface area contributed by atoms with Crippen molar-refractivity contribution in [2.24, 2.45) is 0 Å². The highest BCUT2D eigenvalue weighted by Gasteiger charge is 2.08. The number of nitrogen functional groups attached to an aromatic ring is 1. The summed E-state index contributed by atoms with van der Waals surface area (Å²) in [4.78, 5) is 8.54. The van der Waals surface area contributed by atoms with Crippen LogP contribution in [0.15, 0.2) is 16.6 Å². The number of thiazole rings is 1. The van der Waals surface area contributed by atoms with Gasteiger partial charge in [0.25, 0.3) is 0 Å². The van der Waals surface area contributed by atoms with E-state index in [1.54, 1.807) is 23.1 Å². The van der Waals surface area contributed by atoms with Crippen LogP contribution in [0.2, 0.25) is 0 Å². The first-order valence-electron chi connectivity index (χ1n) is 5.06. The summed E-state index contributed by atoms with van der Waals surface area (Å²) in [6.07, 6.45) is 3.84. The minimum Gasteiger partial charge on any atom is -0.375 e. The lowest BCUT2D eigenvalue weighted by Gasteiger charge is -2.03. The molecule has 2 aromatic heterocycles. The Labute approximate surface area is 103 Å². The maximum absolute atomic E-state index is 5.66. The highest BCUT2D eigenvalue weighted by atomic mass is 32.2. The fourth-order valence-corrected chi connectivity index (χ4v) is 3.42. The Kier molecular flexibility index (Phi) is 3.50. The number of nitrogens with two attached hydrogens (primary N) is 1. The average Bonchev–Trinajstić information content (AvgIpc) is 2.81. The van der Waals surface area contributed by atoms with E-state index in [2.05, 4.69) is 21.5 Å². The Morgan fingerprint density at radius 3 is 3.00 bits per heavy atom. The number of anilines is 1. The number of hydrogen-bond donors (Lipinski definition) is 1. The molecule has 0 bridgehead atoms. The summed E-state index contributed by atoms with van der Waals surface area (Å²) < 4.78 is 3.33. The van der Waals surface area contributed by atoms with Crippen LogP contribution in [-0.4, -0.2) is 14.5 Å². The molecule has 86 valence electrons. The monoisotopic (exact) mass is 254 g/mol. The Hall–Kier alpha value is -1.01. The lowest BCUT2D eigenvalue weighted by atomic mass is 10.6. The molecule has 0 fully saturated rings. The fourth-order valence-electron chi connectivity index (χ4n) is 1.43. The van der Waals surface area contributed by atoms with E-state index in [4.69, 9.17) is 5.73 Å². The van der Waals surface area contributed by atoms with Crippen LogP contribution >= 0.6 is 23.1 Å².